The first kappa shape index (κ1) is 12.2. The number of nitrogens with zero attached hydrogens (tertiary/aromatic N) is 3. The summed E-state index contributed by atoms with van der Waals surface area (Å²) in [5, 5.41) is 9.11. The van der Waals surface area contributed by atoms with Crippen LogP contribution in [-0.4, -0.2) is 45.0 Å². The molecule has 3 rings (SSSR count). The summed E-state index contributed by atoms with van der Waals surface area (Å²) in [6, 6.07) is 3.70. The highest BCUT2D eigenvalue weighted by Crippen LogP contribution is 2.19. The number of fused-ring (bicyclic) bond motifs is 1. The number of carbonyl (C=O) groups excluding carboxylic acids is 1. The smallest absolute Gasteiger partial charge is 0.253 e. The van der Waals surface area contributed by atoms with E-state index in [9.17, 15) is 4.79 Å². The van der Waals surface area contributed by atoms with E-state index in [2.05, 4.69) is 4.98 Å². The molecule has 0 radical (unpaired) electrons. The lowest BCUT2D eigenvalue weighted by Gasteiger charge is -2.31. The molecular weight excluding hydrogens is 242 g/mol. The Kier molecular flexibility index (Phi) is 3.21. The third-order valence-electron chi connectivity index (χ3n) is 3.82. The number of imidazole rings is 1. The number of hydrogen-bond acceptors (Lipinski definition) is 3. The van der Waals surface area contributed by atoms with Crippen molar-refractivity contribution in [2.75, 3.05) is 19.7 Å². The molecule has 0 unspecified atom stereocenters. The van der Waals surface area contributed by atoms with E-state index in [1.54, 1.807) is 12.5 Å². The maximum Gasteiger partial charge on any atom is 0.253 e. The summed E-state index contributed by atoms with van der Waals surface area (Å²) in [6.07, 6.45) is 7.09. The topological polar surface area (TPSA) is 57.8 Å². The van der Waals surface area contributed by atoms with Crippen LogP contribution in [0.15, 0.2) is 30.9 Å². The van der Waals surface area contributed by atoms with Crippen LogP contribution in [0.3, 0.4) is 0 Å². The number of likely N-dealkylation sites (tertiary alicyclic amines) is 1. The summed E-state index contributed by atoms with van der Waals surface area (Å²) >= 11 is 0. The molecule has 1 saturated heterocycles. The zero-order valence-corrected chi connectivity index (χ0v) is 10.7. The Hall–Kier alpha value is -1.88. The lowest BCUT2D eigenvalue weighted by atomic mass is 9.97. The van der Waals surface area contributed by atoms with Gasteiger partial charge in [-0.25, -0.2) is 4.98 Å². The van der Waals surface area contributed by atoms with Crippen molar-refractivity contribution >= 4 is 11.4 Å². The van der Waals surface area contributed by atoms with Gasteiger partial charge in [-0.2, -0.15) is 0 Å². The zero-order valence-electron chi connectivity index (χ0n) is 10.7. The molecule has 1 fully saturated rings. The maximum atomic E-state index is 12.4. The Morgan fingerprint density at radius 2 is 2.21 bits per heavy atom. The fourth-order valence-corrected chi connectivity index (χ4v) is 2.55. The molecule has 0 spiro atoms. The first-order chi connectivity index (χ1) is 9.28. The van der Waals surface area contributed by atoms with E-state index in [4.69, 9.17) is 5.11 Å². The van der Waals surface area contributed by atoms with Gasteiger partial charge in [0.15, 0.2) is 0 Å². The Balaban J connectivity index is 1.76. The summed E-state index contributed by atoms with van der Waals surface area (Å²) in [7, 11) is 0. The van der Waals surface area contributed by atoms with Crippen molar-refractivity contribution in [3.8, 4) is 0 Å². The monoisotopic (exact) mass is 259 g/mol. The molecular formula is C14H17N3O2. The van der Waals surface area contributed by atoms with Gasteiger partial charge < -0.3 is 14.4 Å². The summed E-state index contributed by atoms with van der Waals surface area (Å²) < 4.78 is 1.88. The van der Waals surface area contributed by atoms with Gasteiger partial charge in [-0.3, -0.25) is 4.79 Å². The number of aliphatic hydroxyl groups is 1. The molecule has 0 bridgehead atoms. The Bertz CT molecular complexity index is 585. The fraction of sp³-hybridized carbons (Fsp3) is 0.429. The summed E-state index contributed by atoms with van der Waals surface area (Å²) in [5.74, 6) is 0.418. The largest absolute Gasteiger partial charge is 0.396 e. The molecule has 19 heavy (non-hydrogen) atoms. The molecule has 2 aromatic heterocycles. The minimum absolute atomic E-state index is 0.0695. The first-order valence-electron chi connectivity index (χ1n) is 6.60. The van der Waals surface area contributed by atoms with Gasteiger partial charge in [0.1, 0.15) is 0 Å². The van der Waals surface area contributed by atoms with Crippen molar-refractivity contribution in [2.45, 2.75) is 12.8 Å². The minimum atomic E-state index is 0.0695. The highest BCUT2D eigenvalue weighted by Gasteiger charge is 2.23. The van der Waals surface area contributed by atoms with Gasteiger partial charge in [0.05, 0.1) is 18.0 Å². The first-order valence-corrected chi connectivity index (χ1v) is 6.60. The molecule has 2 aromatic rings. The van der Waals surface area contributed by atoms with E-state index in [1.807, 2.05) is 27.6 Å². The molecule has 0 atom stereocenters. The van der Waals surface area contributed by atoms with E-state index in [0.29, 0.717) is 11.5 Å². The molecule has 0 aliphatic carbocycles. The van der Waals surface area contributed by atoms with Crippen molar-refractivity contribution in [3.63, 3.8) is 0 Å². The quantitative estimate of drug-likeness (QED) is 0.881. The predicted octanol–water partition coefficient (Wildman–Crippen LogP) is 1.18. The molecule has 1 N–H and O–H groups in total. The zero-order chi connectivity index (χ0) is 13.2. The van der Waals surface area contributed by atoms with Gasteiger partial charge in [0.2, 0.25) is 0 Å². The predicted molar refractivity (Wildman–Crippen MR) is 70.9 cm³/mol. The highest BCUT2D eigenvalue weighted by atomic mass is 16.3. The van der Waals surface area contributed by atoms with Crippen LogP contribution in [0.2, 0.25) is 0 Å². The Labute approximate surface area is 111 Å². The van der Waals surface area contributed by atoms with Crippen molar-refractivity contribution in [1.82, 2.24) is 14.3 Å². The SMILES string of the molecule is O=C(c1ccn2cncc2c1)N1CCC(CO)CC1. The fourth-order valence-electron chi connectivity index (χ4n) is 2.55. The van der Waals surface area contributed by atoms with Crippen molar-refractivity contribution in [2.24, 2.45) is 5.92 Å². The minimum Gasteiger partial charge on any atom is -0.396 e. The van der Waals surface area contributed by atoms with E-state index in [1.165, 1.54) is 0 Å². The lowest BCUT2D eigenvalue weighted by Crippen LogP contribution is -2.39. The van der Waals surface area contributed by atoms with Gasteiger partial charge in [0, 0.05) is 31.5 Å². The summed E-state index contributed by atoms with van der Waals surface area (Å²) in [6.45, 7) is 1.69. The van der Waals surface area contributed by atoms with Crippen LogP contribution in [0.4, 0.5) is 0 Å². The Morgan fingerprint density at radius 3 is 2.95 bits per heavy atom. The number of rotatable bonds is 2. The van der Waals surface area contributed by atoms with Crippen LogP contribution >= 0.6 is 0 Å². The molecule has 0 aromatic carbocycles. The third-order valence-corrected chi connectivity index (χ3v) is 3.82. The number of aromatic nitrogens is 2. The van der Waals surface area contributed by atoms with Gasteiger partial charge in [-0.15, -0.1) is 0 Å². The third kappa shape index (κ3) is 2.33. The van der Waals surface area contributed by atoms with Crippen LogP contribution < -0.4 is 0 Å². The molecule has 1 aliphatic heterocycles. The number of piperidine rings is 1. The number of hydrogen-bond donors (Lipinski definition) is 1. The lowest BCUT2D eigenvalue weighted by molar-refractivity contribution is 0.0651. The Morgan fingerprint density at radius 1 is 1.42 bits per heavy atom. The molecule has 5 heteroatoms. The van der Waals surface area contributed by atoms with Gasteiger partial charge in [0.25, 0.3) is 5.91 Å². The van der Waals surface area contributed by atoms with Crippen LogP contribution in [-0.2, 0) is 0 Å². The second-order valence-electron chi connectivity index (χ2n) is 5.06. The van der Waals surface area contributed by atoms with E-state index >= 15 is 0 Å². The molecule has 1 aliphatic rings. The van der Waals surface area contributed by atoms with E-state index in [0.717, 1.165) is 31.4 Å². The standard InChI is InChI=1S/C14H17N3O2/c18-9-11-1-4-16(5-2-11)14(19)12-3-6-17-10-15-8-13(17)7-12/h3,6-8,10-11,18H,1-2,4-5,9H2. The number of carbonyl (C=O) groups is 1. The second-order valence-corrected chi connectivity index (χ2v) is 5.06. The number of amides is 1. The molecule has 3 heterocycles. The molecule has 5 nitrogen and oxygen atoms in total. The summed E-state index contributed by atoms with van der Waals surface area (Å²) in [4.78, 5) is 18.3. The van der Waals surface area contributed by atoms with Crippen LogP contribution in [0.1, 0.15) is 23.2 Å². The normalized spacial score (nSPS) is 17.0. The van der Waals surface area contributed by atoms with Crippen molar-refractivity contribution < 1.29 is 9.90 Å². The molecule has 1 amide bonds. The van der Waals surface area contributed by atoms with Gasteiger partial charge >= 0.3 is 0 Å². The second kappa shape index (κ2) is 5.01. The maximum absolute atomic E-state index is 12.4. The van der Waals surface area contributed by atoms with Crippen molar-refractivity contribution in [1.29, 1.82) is 0 Å². The molecule has 100 valence electrons. The number of pyridine rings is 1. The molecule has 0 saturated carbocycles. The van der Waals surface area contributed by atoms with Crippen LogP contribution in [0.5, 0.6) is 0 Å². The van der Waals surface area contributed by atoms with Crippen LogP contribution in [0.25, 0.3) is 5.52 Å². The van der Waals surface area contributed by atoms with E-state index in [-0.39, 0.29) is 12.5 Å². The van der Waals surface area contributed by atoms with Crippen molar-refractivity contribution in [3.05, 3.63) is 36.4 Å². The van der Waals surface area contributed by atoms with Gasteiger partial charge in [-0.1, -0.05) is 0 Å². The number of aliphatic hydroxyl groups excluding tert-OH is 1. The average molecular weight is 259 g/mol. The average Bonchev–Trinajstić information content (AvgIpc) is 2.94. The van der Waals surface area contributed by atoms with E-state index < -0.39 is 0 Å². The summed E-state index contributed by atoms with van der Waals surface area (Å²) in [5.41, 5.74) is 1.63. The highest BCUT2D eigenvalue weighted by molar-refractivity contribution is 5.95. The van der Waals surface area contributed by atoms with Crippen LogP contribution in [0, 0.1) is 5.92 Å². The van der Waals surface area contributed by atoms with Gasteiger partial charge in [-0.05, 0) is 30.9 Å².